The van der Waals surface area contributed by atoms with E-state index in [2.05, 4.69) is 34.1 Å². The first kappa shape index (κ1) is 19.6. The summed E-state index contributed by atoms with van der Waals surface area (Å²) in [6, 6.07) is 0. The zero-order valence-corrected chi connectivity index (χ0v) is 14.5. The Morgan fingerprint density at radius 2 is 1.31 bits per heavy atom. The zero-order chi connectivity index (χ0) is 10.6. The average Bonchev–Trinajstić information content (AvgIpc) is 2.01. The van der Waals surface area contributed by atoms with Gasteiger partial charge in [-0.15, -0.1) is 0 Å². The van der Waals surface area contributed by atoms with Gasteiger partial charge in [-0.25, -0.2) is 0 Å². The minimum Gasteiger partial charge on any atom is -1.00 e. The second-order valence-corrected chi connectivity index (χ2v) is 5.90. The molecular formula is C14H27BrMg. The zero-order valence-electron chi connectivity index (χ0n) is 11.5. The molecule has 0 aliphatic heterocycles. The Balaban J connectivity index is 0. The minimum atomic E-state index is 0. The molecule has 0 saturated heterocycles. The molecule has 16 heavy (non-hydrogen) atoms. The van der Waals surface area contributed by atoms with Crippen molar-refractivity contribution in [3.63, 3.8) is 0 Å². The van der Waals surface area contributed by atoms with Crippen LogP contribution in [0.4, 0.5) is 0 Å². The fraction of sp³-hybridized carbons (Fsp3) is 0.929. The van der Waals surface area contributed by atoms with Gasteiger partial charge in [0, 0.05) is 0 Å². The number of hydrogen-bond acceptors (Lipinski definition) is 0. The Morgan fingerprint density at radius 3 is 1.62 bits per heavy atom. The van der Waals surface area contributed by atoms with Crippen molar-refractivity contribution >= 4 is 23.1 Å². The summed E-state index contributed by atoms with van der Waals surface area (Å²) in [6.07, 6.45) is 9.86. The summed E-state index contributed by atoms with van der Waals surface area (Å²) in [4.78, 5) is 0. The minimum absolute atomic E-state index is 0. The van der Waals surface area contributed by atoms with Crippen molar-refractivity contribution in [1.29, 1.82) is 0 Å². The molecule has 2 atom stereocenters. The molecule has 0 spiro atoms. The first-order chi connectivity index (χ1) is 6.58. The van der Waals surface area contributed by atoms with Gasteiger partial charge in [-0.3, -0.25) is 0 Å². The van der Waals surface area contributed by atoms with Crippen molar-refractivity contribution in [3.8, 4) is 0 Å². The molecule has 1 rings (SSSR count). The van der Waals surface area contributed by atoms with Crippen LogP contribution in [-0.2, 0) is 0 Å². The quantitative estimate of drug-likeness (QED) is 0.543. The largest absolute Gasteiger partial charge is 2.00 e. The van der Waals surface area contributed by atoms with E-state index in [4.69, 9.17) is 0 Å². The first-order valence-electron chi connectivity index (χ1n) is 6.43. The van der Waals surface area contributed by atoms with E-state index in [0.717, 1.165) is 23.7 Å². The standard InChI is InChI=1S/C14H27.BrH.Mg/c1-11(2)8-13-6-5-7-14(10-13)9-12(3)4;;/h10-14H,5-9H2,1-4H3;1H;/q-1;;+2/p-1. The molecule has 2 unspecified atom stereocenters. The van der Waals surface area contributed by atoms with Gasteiger partial charge in [-0.2, -0.15) is 11.8 Å². The summed E-state index contributed by atoms with van der Waals surface area (Å²) in [7, 11) is 0. The summed E-state index contributed by atoms with van der Waals surface area (Å²) in [5, 5.41) is 0. The predicted molar refractivity (Wildman–Crippen MR) is 69.8 cm³/mol. The van der Waals surface area contributed by atoms with Crippen molar-refractivity contribution in [1.82, 2.24) is 0 Å². The fourth-order valence-electron chi connectivity index (χ4n) is 2.82. The van der Waals surface area contributed by atoms with E-state index in [1.54, 1.807) is 0 Å². The van der Waals surface area contributed by atoms with Gasteiger partial charge in [-0.1, -0.05) is 59.8 Å². The SMILES string of the molecule is CC(C)CC1[CH-]C(CC(C)C)CCC1.[Br-].[Mg+2]. The van der Waals surface area contributed by atoms with Crippen LogP contribution in [-0.4, -0.2) is 23.1 Å². The Labute approximate surface area is 129 Å². The van der Waals surface area contributed by atoms with Crippen LogP contribution in [0.5, 0.6) is 0 Å². The molecule has 1 saturated carbocycles. The van der Waals surface area contributed by atoms with Crippen LogP contribution in [0.2, 0.25) is 0 Å². The first-order valence-corrected chi connectivity index (χ1v) is 6.43. The summed E-state index contributed by atoms with van der Waals surface area (Å²) in [5.41, 5.74) is 0. The molecule has 0 bridgehead atoms. The van der Waals surface area contributed by atoms with Gasteiger partial charge in [-0.05, 0) is 11.8 Å². The van der Waals surface area contributed by atoms with Crippen LogP contribution in [0, 0.1) is 30.1 Å². The fourth-order valence-corrected chi connectivity index (χ4v) is 2.82. The third-order valence-corrected chi connectivity index (χ3v) is 3.24. The molecule has 0 amide bonds. The van der Waals surface area contributed by atoms with Gasteiger partial charge in [0.25, 0.3) is 0 Å². The van der Waals surface area contributed by atoms with Crippen LogP contribution >= 0.6 is 0 Å². The van der Waals surface area contributed by atoms with Gasteiger partial charge in [0.2, 0.25) is 0 Å². The maximum Gasteiger partial charge on any atom is 2.00 e. The Morgan fingerprint density at radius 1 is 0.938 bits per heavy atom. The summed E-state index contributed by atoms with van der Waals surface area (Å²) in [6.45, 7) is 9.39. The molecule has 0 aromatic carbocycles. The van der Waals surface area contributed by atoms with Crippen molar-refractivity contribution in [2.75, 3.05) is 0 Å². The number of rotatable bonds is 4. The third-order valence-electron chi connectivity index (χ3n) is 3.24. The van der Waals surface area contributed by atoms with Crippen LogP contribution in [0.15, 0.2) is 0 Å². The summed E-state index contributed by atoms with van der Waals surface area (Å²) < 4.78 is 0. The van der Waals surface area contributed by atoms with E-state index in [9.17, 15) is 0 Å². The smallest absolute Gasteiger partial charge is 1.00 e. The van der Waals surface area contributed by atoms with Gasteiger partial charge in [0.05, 0.1) is 0 Å². The normalized spacial score (nSPS) is 25.1. The molecule has 2 heteroatoms. The molecule has 0 aromatic rings. The van der Waals surface area contributed by atoms with E-state index in [1.165, 1.54) is 32.1 Å². The molecule has 92 valence electrons. The molecule has 1 fully saturated rings. The maximum atomic E-state index is 2.67. The van der Waals surface area contributed by atoms with Gasteiger partial charge in [0.1, 0.15) is 0 Å². The Bertz CT molecular complexity index is 141. The molecule has 0 heterocycles. The molecule has 1 aliphatic rings. The molecule has 0 aromatic heterocycles. The van der Waals surface area contributed by atoms with Crippen molar-refractivity contribution in [2.24, 2.45) is 23.7 Å². The monoisotopic (exact) mass is 298 g/mol. The van der Waals surface area contributed by atoms with E-state index < -0.39 is 0 Å². The molecule has 0 radical (unpaired) electrons. The predicted octanol–water partition coefficient (Wildman–Crippen LogP) is 1.32. The molecular weight excluding hydrogens is 272 g/mol. The third kappa shape index (κ3) is 8.35. The number of halogens is 1. The second kappa shape index (κ2) is 10.2. The molecule has 0 N–H and O–H groups in total. The van der Waals surface area contributed by atoms with Crippen molar-refractivity contribution in [2.45, 2.75) is 59.8 Å². The van der Waals surface area contributed by atoms with Gasteiger partial charge < -0.3 is 23.4 Å². The maximum absolute atomic E-state index is 2.67. The number of hydrogen-bond donors (Lipinski definition) is 0. The summed E-state index contributed by atoms with van der Waals surface area (Å²) in [5.74, 6) is 3.59. The second-order valence-electron chi connectivity index (χ2n) is 5.90. The van der Waals surface area contributed by atoms with Gasteiger partial charge >= 0.3 is 23.1 Å². The Kier molecular flexibility index (Phi) is 12.5. The van der Waals surface area contributed by atoms with Crippen LogP contribution in [0.25, 0.3) is 0 Å². The average molecular weight is 300 g/mol. The van der Waals surface area contributed by atoms with Crippen molar-refractivity contribution < 1.29 is 17.0 Å². The van der Waals surface area contributed by atoms with E-state index >= 15 is 0 Å². The molecule has 1 aliphatic carbocycles. The van der Waals surface area contributed by atoms with E-state index in [-0.39, 0.29) is 40.0 Å². The molecule has 0 nitrogen and oxygen atoms in total. The van der Waals surface area contributed by atoms with Crippen LogP contribution < -0.4 is 17.0 Å². The van der Waals surface area contributed by atoms with Crippen molar-refractivity contribution in [3.05, 3.63) is 6.42 Å². The van der Waals surface area contributed by atoms with Gasteiger partial charge in [0.15, 0.2) is 0 Å². The van der Waals surface area contributed by atoms with Crippen LogP contribution in [0.1, 0.15) is 59.8 Å². The topological polar surface area (TPSA) is 0 Å². The Hall–Kier alpha value is 1.25. The van der Waals surface area contributed by atoms with Crippen LogP contribution in [0.3, 0.4) is 0 Å². The summed E-state index contributed by atoms with van der Waals surface area (Å²) >= 11 is 0. The van der Waals surface area contributed by atoms with E-state index in [0.29, 0.717) is 0 Å². The van der Waals surface area contributed by atoms with E-state index in [1.807, 2.05) is 0 Å².